The molecule has 6 heteroatoms. The number of hydrogen-bond donors (Lipinski definition) is 1. The number of anilines is 2. The quantitative estimate of drug-likeness (QED) is 0.869. The van der Waals surface area contributed by atoms with Crippen LogP contribution in [0.4, 0.5) is 11.9 Å². The molecule has 0 radical (unpaired) electrons. The van der Waals surface area contributed by atoms with E-state index in [-0.39, 0.29) is 11.8 Å². The van der Waals surface area contributed by atoms with E-state index in [0.29, 0.717) is 11.5 Å². The minimum atomic E-state index is 0.0937. The summed E-state index contributed by atoms with van der Waals surface area (Å²) in [5.74, 6) is 0.791. The number of benzene rings is 1. The number of nitriles is 1. The van der Waals surface area contributed by atoms with Gasteiger partial charge in [-0.3, -0.25) is 0 Å². The van der Waals surface area contributed by atoms with E-state index in [0.717, 1.165) is 12.0 Å². The average Bonchev–Trinajstić information content (AvgIpc) is 2.52. The summed E-state index contributed by atoms with van der Waals surface area (Å²) in [6, 6.07) is 10.1. The average molecular weight is 294 g/mol. The van der Waals surface area contributed by atoms with Crippen molar-refractivity contribution >= 4 is 23.5 Å². The molecule has 112 valence electrons. The molecule has 0 atom stereocenters. The lowest BCUT2D eigenvalue weighted by Gasteiger charge is -2.11. The van der Waals surface area contributed by atoms with Gasteiger partial charge in [-0.1, -0.05) is 31.2 Å². The van der Waals surface area contributed by atoms with E-state index in [2.05, 4.69) is 27.9 Å². The van der Waals surface area contributed by atoms with Crippen molar-refractivity contribution in [3.63, 3.8) is 0 Å². The smallest absolute Gasteiger partial charge is 0.230 e. The van der Waals surface area contributed by atoms with Crippen LogP contribution in [0.2, 0.25) is 0 Å². The van der Waals surface area contributed by atoms with E-state index < -0.39 is 0 Å². The third kappa shape index (κ3) is 3.58. The van der Waals surface area contributed by atoms with Crippen molar-refractivity contribution in [2.24, 2.45) is 0 Å². The molecule has 0 bridgehead atoms. The van der Waals surface area contributed by atoms with Crippen molar-refractivity contribution in [2.45, 2.75) is 13.3 Å². The molecule has 0 spiro atoms. The third-order valence-corrected chi connectivity index (χ3v) is 3.10. The molecule has 1 aromatic heterocycles. The number of allylic oxidation sites excluding steroid dienone is 1. The van der Waals surface area contributed by atoms with Crippen LogP contribution in [0.3, 0.4) is 0 Å². The first-order valence-electron chi connectivity index (χ1n) is 6.93. The van der Waals surface area contributed by atoms with Gasteiger partial charge in [0.1, 0.15) is 6.07 Å². The molecular weight excluding hydrogens is 276 g/mol. The van der Waals surface area contributed by atoms with Crippen LogP contribution in [0.1, 0.15) is 23.9 Å². The van der Waals surface area contributed by atoms with E-state index in [1.54, 1.807) is 25.1 Å². The topological polar surface area (TPSA) is 91.7 Å². The van der Waals surface area contributed by atoms with Crippen molar-refractivity contribution in [3.05, 3.63) is 41.2 Å². The summed E-state index contributed by atoms with van der Waals surface area (Å²) in [7, 11) is 3.61. The Morgan fingerprint density at radius 1 is 1.23 bits per heavy atom. The Balaban J connectivity index is 2.43. The van der Waals surface area contributed by atoms with Crippen LogP contribution in [0.15, 0.2) is 24.3 Å². The maximum absolute atomic E-state index is 9.39. The molecule has 1 heterocycles. The molecule has 0 saturated carbocycles. The second kappa shape index (κ2) is 6.68. The summed E-state index contributed by atoms with van der Waals surface area (Å²) >= 11 is 0. The minimum Gasteiger partial charge on any atom is -0.368 e. The normalized spacial score (nSPS) is 11.1. The Hall–Kier alpha value is -2.94. The van der Waals surface area contributed by atoms with Gasteiger partial charge < -0.3 is 10.6 Å². The molecule has 0 aliphatic heterocycles. The van der Waals surface area contributed by atoms with Gasteiger partial charge in [0.15, 0.2) is 5.82 Å². The van der Waals surface area contributed by atoms with Crippen LogP contribution in [-0.2, 0) is 6.42 Å². The largest absolute Gasteiger partial charge is 0.368 e. The van der Waals surface area contributed by atoms with Gasteiger partial charge in [0.2, 0.25) is 11.9 Å². The van der Waals surface area contributed by atoms with E-state index in [9.17, 15) is 5.26 Å². The molecule has 2 N–H and O–H groups in total. The predicted molar refractivity (Wildman–Crippen MR) is 87.9 cm³/mol. The van der Waals surface area contributed by atoms with Gasteiger partial charge in [-0.2, -0.15) is 20.2 Å². The molecule has 22 heavy (non-hydrogen) atoms. The van der Waals surface area contributed by atoms with Crippen molar-refractivity contribution in [1.29, 1.82) is 5.26 Å². The molecule has 0 fully saturated rings. The predicted octanol–water partition coefficient (Wildman–Crippen LogP) is 2.15. The molecule has 0 amide bonds. The fraction of sp³-hybridized carbons (Fsp3) is 0.250. The van der Waals surface area contributed by atoms with Crippen molar-refractivity contribution in [1.82, 2.24) is 15.0 Å². The first-order chi connectivity index (χ1) is 10.5. The van der Waals surface area contributed by atoms with Gasteiger partial charge in [-0.05, 0) is 23.6 Å². The molecule has 1 aromatic carbocycles. The number of aromatic nitrogens is 3. The third-order valence-electron chi connectivity index (χ3n) is 3.10. The molecule has 2 aromatic rings. The fourth-order valence-corrected chi connectivity index (χ4v) is 1.86. The van der Waals surface area contributed by atoms with E-state index in [1.165, 1.54) is 5.56 Å². The van der Waals surface area contributed by atoms with Crippen molar-refractivity contribution in [3.8, 4) is 6.07 Å². The number of nitrogens with two attached hydrogens (primary N) is 1. The minimum absolute atomic E-state index is 0.0937. The molecule has 0 saturated heterocycles. The highest BCUT2D eigenvalue weighted by molar-refractivity contribution is 5.87. The van der Waals surface area contributed by atoms with Crippen LogP contribution in [-0.4, -0.2) is 29.0 Å². The maximum Gasteiger partial charge on any atom is 0.230 e. The monoisotopic (exact) mass is 294 g/mol. The fourth-order valence-electron chi connectivity index (χ4n) is 1.86. The summed E-state index contributed by atoms with van der Waals surface area (Å²) in [4.78, 5) is 14.1. The van der Waals surface area contributed by atoms with E-state index >= 15 is 0 Å². The molecule has 0 aliphatic carbocycles. The second-order valence-corrected chi connectivity index (χ2v) is 4.98. The summed E-state index contributed by atoms with van der Waals surface area (Å²) < 4.78 is 0. The van der Waals surface area contributed by atoms with Crippen molar-refractivity contribution < 1.29 is 0 Å². The maximum atomic E-state index is 9.39. The number of rotatable bonds is 4. The SMILES string of the molecule is CCc1ccc(/C=C(\C#N)c2nc(N)nc(N(C)C)n2)cc1. The number of nitrogens with zero attached hydrogens (tertiary/aromatic N) is 5. The van der Waals surface area contributed by atoms with Crippen LogP contribution < -0.4 is 10.6 Å². The van der Waals surface area contributed by atoms with Gasteiger partial charge in [0, 0.05) is 14.1 Å². The lowest BCUT2D eigenvalue weighted by molar-refractivity contribution is 0.952. The standard InChI is InChI=1S/C16H18N6/c1-4-11-5-7-12(8-6-11)9-13(10-17)14-19-15(18)21-16(20-14)22(2)3/h5-9H,4H2,1-3H3,(H2,18,19,20,21)/b13-9+. The first kappa shape index (κ1) is 15.4. The van der Waals surface area contributed by atoms with E-state index in [1.807, 2.05) is 24.3 Å². The summed E-state index contributed by atoms with van der Waals surface area (Å²) in [5, 5.41) is 9.39. The molecule has 2 rings (SSSR count). The zero-order chi connectivity index (χ0) is 16.1. The number of aryl methyl sites for hydroxylation is 1. The summed E-state index contributed by atoms with van der Waals surface area (Å²) in [5.41, 5.74) is 8.21. The Kier molecular flexibility index (Phi) is 4.69. The van der Waals surface area contributed by atoms with Crippen LogP contribution in [0.25, 0.3) is 11.6 Å². The van der Waals surface area contributed by atoms with Gasteiger partial charge in [0.05, 0.1) is 5.57 Å². The summed E-state index contributed by atoms with van der Waals surface area (Å²) in [6.45, 7) is 2.10. The number of hydrogen-bond acceptors (Lipinski definition) is 6. The van der Waals surface area contributed by atoms with Crippen LogP contribution >= 0.6 is 0 Å². The zero-order valence-electron chi connectivity index (χ0n) is 12.9. The van der Waals surface area contributed by atoms with Crippen molar-refractivity contribution in [2.75, 3.05) is 24.7 Å². The molecular formula is C16H18N6. The van der Waals surface area contributed by atoms with Gasteiger partial charge in [-0.25, -0.2) is 0 Å². The van der Waals surface area contributed by atoms with Gasteiger partial charge in [-0.15, -0.1) is 0 Å². The molecule has 6 nitrogen and oxygen atoms in total. The summed E-state index contributed by atoms with van der Waals surface area (Å²) in [6.07, 6.45) is 2.72. The van der Waals surface area contributed by atoms with Crippen LogP contribution in [0, 0.1) is 11.3 Å². The van der Waals surface area contributed by atoms with E-state index in [4.69, 9.17) is 5.73 Å². The first-order valence-corrected chi connectivity index (χ1v) is 6.93. The molecule has 0 unspecified atom stereocenters. The molecule has 0 aliphatic rings. The van der Waals surface area contributed by atoms with Gasteiger partial charge in [0.25, 0.3) is 0 Å². The highest BCUT2D eigenvalue weighted by atomic mass is 15.3. The van der Waals surface area contributed by atoms with Crippen LogP contribution in [0.5, 0.6) is 0 Å². The Morgan fingerprint density at radius 2 is 1.91 bits per heavy atom. The highest BCUT2D eigenvalue weighted by Gasteiger charge is 2.10. The highest BCUT2D eigenvalue weighted by Crippen LogP contribution is 2.17. The zero-order valence-corrected chi connectivity index (χ0v) is 12.9. The Bertz CT molecular complexity index is 725. The lowest BCUT2D eigenvalue weighted by Crippen LogP contribution is -2.15. The number of nitrogen functional groups attached to an aromatic ring is 1. The lowest BCUT2D eigenvalue weighted by atomic mass is 10.1. The van der Waals surface area contributed by atoms with Gasteiger partial charge >= 0.3 is 0 Å². The second-order valence-electron chi connectivity index (χ2n) is 4.98. The Labute approximate surface area is 130 Å². The Morgan fingerprint density at radius 3 is 2.45 bits per heavy atom.